The molecule has 2 atom stereocenters. The lowest BCUT2D eigenvalue weighted by molar-refractivity contribution is -0.176. The minimum Gasteiger partial charge on any atom is -0.378 e. The van der Waals surface area contributed by atoms with Crippen molar-refractivity contribution in [3.05, 3.63) is 0 Å². The van der Waals surface area contributed by atoms with E-state index in [2.05, 4.69) is 48.2 Å². The van der Waals surface area contributed by atoms with Gasteiger partial charge in [-0.3, -0.25) is 9.79 Å². The number of nitrogens with zero attached hydrogens (tertiary/aromatic N) is 2. The summed E-state index contributed by atoms with van der Waals surface area (Å²) in [6.45, 7) is 11.2. The summed E-state index contributed by atoms with van der Waals surface area (Å²) in [5.74, 6) is 1.60. The first-order chi connectivity index (χ1) is 12.3. The number of hydrogen-bond acceptors (Lipinski definition) is 3. The molecule has 0 bridgehead atoms. The molecule has 0 radical (unpaired) electrons. The smallest absolute Gasteiger partial charge is 0.225 e. The Kier molecular flexibility index (Phi) is 7.44. The van der Waals surface area contributed by atoms with Crippen LogP contribution in [-0.2, 0) is 9.53 Å². The van der Waals surface area contributed by atoms with Crippen LogP contribution >= 0.6 is 24.0 Å². The van der Waals surface area contributed by atoms with Gasteiger partial charge in [0.25, 0.3) is 0 Å². The average molecular weight is 492 g/mol. The predicted octanol–water partition coefficient (Wildman–Crippen LogP) is 2.76. The number of carbonyl (C=O) groups is 1. The molecule has 0 aromatic carbocycles. The van der Waals surface area contributed by atoms with Gasteiger partial charge in [0.1, 0.15) is 0 Å². The number of rotatable bonds is 5. The molecule has 7 heteroatoms. The van der Waals surface area contributed by atoms with Crippen molar-refractivity contribution in [1.82, 2.24) is 15.5 Å². The molecule has 2 N–H and O–H groups in total. The SMILES string of the molecule is CCN=C(NC1CCN(C(=O)C2CC2)CC1)NC1CC(C)(OC)C1(C)C.I. The van der Waals surface area contributed by atoms with Gasteiger partial charge in [0.2, 0.25) is 5.91 Å². The van der Waals surface area contributed by atoms with Crippen LogP contribution < -0.4 is 10.6 Å². The van der Waals surface area contributed by atoms with Gasteiger partial charge in [-0.15, -0.1) is 24.0 Å². The van der Waals surface area contributed by atoms with Crippen LogP contribution in [0.15, 0.2) is 4.99 Å². The highest BCUT2D eigenvalue weighted by atomic mass is 127. The molecule has 156 valence electrons. The van der Waals surface area contributed by atoms with Crippen molar-refractivity contribution >= 4 is 35.8 Å². The molecular weight excluding hydrogens is 455 g/mol. The third kappa shape index (κ3) is 4.71. The quantitative estimate of drug-likeness (QED) is 0.352. The van der Waals surface area contributed by atoms with Gasteiger partial charge < -0.3 is 20.3 Å². The number of ether oxygens (including phenoxy) is 1. The summed E-state index contributed by atoms with van der Waals surface area (Å²) >= 11 is 0. The monoisotopic (exact) mass is 492 g/mol. The topological polar surface area (TPSA) is 66.0 Å². The first-order valence-electron chi connectivity index (χ1n) is 10.2. The fourth-order valence-corrected chi connectivity index (χ4v) is 4.21. The first kappa shape index (κ1) is 22.7. The standard InChI is InChI=1S/C20H36N4O2.HI/c1-6-21-18(23-16-13-20(4,26-5)19(16,2)3)22-15-9-11-24(12-10-15)17(25)14-7-8-14;/h14-16H,6-13H2,1-5H3,(H2,21,22,23);1H. The Labute approximate surface area is 181 Å². The largest absolute Gasteiger partial charge is 0.378 e. The van der Waals surface area contributed by atoms with Crippen molar-refractivity contribution in [2.24, 2.45) is 16.3 Å². The van der Waals surface area contributed by atoms with Crippen LogP contribution in [0.25, 0.3) is 0 Å². The minimum absolute atomic E-state index is 0. The van der Waals surface area contributed by atoms with Gasteiger partial charge in [-0.05, 0) is 46.0 Å². The fraction of sp³-hybridized carbons (Fsp3) is 0.900. The van der Waals surface area contributed by atoms with Crippen LogP contribution in [-0.4, -0.2) is 61.2 Å². The van der Waals surface area contributed by atoms with E-state index in [0.29, 0.717) is 23.9 Å². The molecule has 3 rings (SSSR count). The number of guanidine groups is 1. The van der Waals surface area contributed by atoms with Gasteiger partial charge in [-0.2, -0.15) is 0 Å². The summed E-state index contributed by atoms with van der Waals surface area (Å²) in [6, 6.07) is 0.731. The predicted molar refractivity (Wildman–Crippen MR) is 120 cm³/mol. The lowest BCUT2D eigenvalue weighted by atomic mass is 9.56. The van der Waals surface area contributed by atoms with Crippen molar-refractivity contribution in [3.8, 4) is 0 Å². The molecule has 1 saturated heterocycles. The minimum atomic E-state index is -0.0868. The highest BCUT2D eigenvalue weighted by molar-refractivity contribution is 14.0. The summed E-state index contributed by atoms with van der Waals surface area (Å²) in [7, 11) is 1.80. The molecule has 27 heavy (non-hydrogen) atoms. The van der Waals surface area contributed by atoms with Gasteiger partial charge in [-0.1, -0.05) is 13.8 Å². The third-order valence-electron chi connectivity index (χ3n) is 6.98. The Morgan fingerprint density at radius 1 is 1.15 bits per heavy atom. The zero-order valence-electron chi connectivity index (χ0n) is 17.5. The number of carbonyl (C=O) groups excluding carboxylic acids is 1. The van der Waals surface area contributed by atoms with Crippen LogP contribution in [0.4, 0.5) is 0 Å². The summed E-state index contributed by atoms with van der Waals surface area (Å²) < 4.78 is 5.73. The molecule has 0 aromatic rings. The highest BCUT2D eigenvalue weighted by Crippen LogP contribution is 2.51. The molecule has 2 saturated carbocycles. The molecular formula is C20H37IN4O2. The molecule has 1 aliphatic heterocycles. The number of hydrogen-bond donors (Lipinski definition) is 2. The van der Waals surface area contributed by atoms with E-state index in [9.17, 15) is 4.79 Å². The van der Waals surface area contributed by atoms with E-state index in [1.807, 2.05) is 0 Å². The van der Waals surface area contributed by atoms with E-state index in [1.54, 1.807) is 7.11 Å². The zero-order valence-corrected chi connectivity index (χ0v) is 19.8. The van der Waals surface area contributed by atoms with Gasteiger partial charge in [0.05, 0.1) is 5.60 Å². The van der Waals surface area contributed by atoms with Crippen molar-refractivity contribution in [3.63, 3.8) is 0 Å². The normalized spacial score (nSPS) is 30.9. The van der Waals surface area contributed by atoms with Gasteiger partial charge in [0, 0.05) is 50.2 Å². The average Bonchev–Trinajstić information content (AvgIpc) is 3.46. The number of halogens is 1. The Morgan fingerprint density at radius 2 is 1.78 bits per heavy atom. The zero-order chi connectivity index (χ0) is 18.9. The molecule has 1 amide bonds. The van der Waals surface area contributed by atoms with Gasteiger partial charge >= 0.3 is 0 Å². The maximum Gasteiger partial charge on any atom is 0.225 e. The Balaban J connectivity index is 0.00000261. The molecule has 0 spiro atoms. The second-order valence-corrected chi connectivity index (χ2v) is 8.90. The number of amides is 1. The lowest BCUT2D eigenvalue weighted by Gasteiger charge is -2.59. The Hall–Kier alpha value is -0.570. The van der Waals surface area contributed by atoms with Gasteiger partial charge in [0.15, 0.2) is 5.96 Å². The fourth-order valence-electron chi connectivity index (χ4n) is 4.21. The molecule has 0 aromatic heterocycles. The van der Waals surface area contributed by atoms with E-state index in [0.717, 1.165) is 57.7 Å². The van der Waals surface area contributed by atoms with Crippen LogP contribution in [0.3, 0.4) is 0 Å². The number of piperidine rings is 1. The summed E-state index contributed by atoms with van der Waals surface area (Å²) in [5, 5.41) is 7.23. The summed E-state index contributed by atoms with van der Waals surface area (Å²) in [5.41, 5.74) is -0.0332. The van der Waals surface area contributed by atoms with Crippen LogP contribution in [0, 0.1) is 11.3 Å². The summed E-state index contributed by atoms with van der Waals surface area (Å²) in [6.07, 6.45) is 5.15. The van der Waals surface area contributed by atoms with E-state index in [4.69, 9.17) is 4.74 Å². The second-order valence-electron chi connectivity index (χ2n) is 8.90. The maximum absolute atomic E-state index is 12.2. The van der Waals surface area contributed by atoms with Gasteiger partial charge in [-0.25, -0.2) is 0 Å². The number of nitrogens with one attached hydrogen (secondary N) is 2. The highest BCUT2D eigenvalue weighted by Gasteiger charge is 2.58. The van der Waals surface area contributed by atoms with Crippen LogP contribution in [0.5, 0.6) is 0 Å². The maximum atomic E-state index is 12.2. The summed E-state index contributed by atoms with van der Waals surface area (Å²) in [4.78, 5) is 18.9. The van der Waals surface area contributed by atoms with Crippen molar-refractivity contribution in [2.45, 2.75) is 77.5 Å². The van der Waals surface area contributed by atoms with Crippen molar-refractivity contribution in [2.75, 3.05) is 26.7 Å². The Bertz CT molecular complexity index is 556. The molecule has 1 heterocycles. The third-order valence-corrected chi connectivity index (χ3v) is 6.98. The molecule has 2 aliphatic carbocycles. The van der Waals surface area contributed by atoms with E-state index in [-0.39, 0.29) is 35.0 Å². The van der Waals surface area contributed by atoms with E-state index >= 15 is 0 Å². The van der Waals surface area contributed by atoms with E-state index < -0.39 is 0 Å². The first-order valence-corrected chi connectivity index (χ1v) is 10.2. The van der Waals surface area contributed by atoms with E-state index in [1.165, 1.54) is 0 Å². The van der Waals surface area contributed by atoms with Crippen molar-refractivity contribution in [1.29, 1.82) is 0 Å². The second kappa shape index (κ2) is 8.84. The molecule has 6 nitrogen and oxygen atoms in total. The van der Waals surface area contributed by atoms with Crippen LogP contribution in [0.2, 0.25) is 0 Å². The van der Waals surface area contributed by atoms with Crippen LogP contribution in [0.1, 0.15) is 59.8 Å². The van der Waals surface area contributed by atoms with Crippen molar-refractivity contribution < 1.29 is 9.53 Å². The number of methoxy groups -OCH3 is 1. The molecule has 3 fully saturated rings. The molecule has 3 aliphatic rings. The number of aliphatic imine (C=N–C) groups is 1. The Morgan fingerprint density at radius 3 is 2.26 bits per heavy atom. The lowest BCUT2D eigenvalue weighted by Crippen LogP contribution is -2.70. The molecule has 2 unspecified atom stereocenters. The number of likely N-dealkylation sites (tertiary alicyclic amines) is 1.